The van der Waals surface area contributed by atoms with Crippen LogP contribution >= 0.6 is 0 Å². The summed E-state index contributed by atoms with van der Waals surface area (Å²) in [7, 11) is 2.11. The molecule has 1 atom stereocenters. The molecule has 0 bridgehead atoms. The minimum atomic E-state index is -0.182. The number of hydrogen-bond donors (Lipinski definition) is 0. The van der Waals surface area contributed by atoms with Gasteiger partial charge in [-0.15, -0.1) is 0 Å². The fourth-order valence-electron chi connectivity index (χ4n) is 3.42. The molecule has 25 heavy (non-hydrogen) atoms. The van der Waals surface area contributed by atoms with Crippen molar-refractivity contribution < 1.29 is 9.18 Å². The summed E-state index contributed by atoms with van der Waals surface area (Å²) in [5.74, 6) is -0.0101. The van der Waals surface area contributed by atoms with Crippen molar-refractivity contribution in [3.8, 4) is 0 Å². The van der Waals surface area contributed by atoms with Gasteiger partial charge in [-0.1, -0.05) is 48.5 Å². The summed E-state index contributed by atoms with van der Waals surface area (Å²) < 4.78 is 13.6. The molecular weight excluding hydrogens is 315 g/mol. The van der Waals surface area contributed by atoms with Crippen LogP contribution in [0.4, 0.5) is 4.39 Å². The van der Waals surface area contributed by atoms with Crippen molar-refractivity contribution in [2.75, 3.05) is 26.7 Å². The molecule has 0 aromatic heterocycles. The molecule has 0 spiro atoms. The van der Waals surface area contributed by atoms with E-state index >= 15 is 0 Å². The maximum Gasteiger partial charge on any atom is 0.222 e. The highest BCUT2D eigenvalue weighted by molar-refractivity contribution is 5.76. The number of amides is 1. The second-order valence-electron chi connectivity index (χ2n) is 6.69. The van der Waals surface area contributed by atoms with E-state index in [2.05, 4.69) is 24.1 Å². The smallest absolute Gasteiger partial charge is 0.222 e. The molecule has 2 aromatic carbocycles. The van der Waals surface area contributed by atoms with Gasteiger partial charge in [-0.2, -0.15) is 0 Å². The van der Waals surface area contributed by atoms with Gasteiger partial charge in [0.05, 0.1) is 6.04 Å². The van der Waals surface area contributed by atoms with Crippen LogP contribution in [-0.4, -0.2) is 42.4 Å². The van der Waals surface area contributed by atoms with Gasteiger partial charge >= 0.3 is 0 Å². The Morgan fingerprint density at radius 2 is 1.80 bits per heavy atom. The van der Waals surface area contributed by atoms with E-state index in [1.807, 2.05) is 29.2 Å². The zero-order valence-corrected chi connectivity index (χ0v) is 14.7. The number of halogens is 1. The van der Waals surface area contributed by atoms with Crippen LogP contribution in [0.2, 0.25) is 0 Å². The molecule has 0 radical (unpaired) electrons. The van der Waals surface area contributed by atoms with E-state index in [-0.39, 0.29) is 17.8 Å². The van der Waals surface area contributed by atoms with Crippen molar-refractivity contribution in [1.82, 2.24) is 9.80 Å². The van der Waals surface area contributed by atoms with Crippen LogP contribution < -0.4 is 0 Å². The van der Waals surface area contributed by atoms with Gasteiger partial charge in [0.15, 0.2) is 0 Å². The summed E-state index contributed by atoms with van der Waals surface area (Å²) in [6, 6.07) is 17.4. The summed E-state index contributed by atoms with van der Waals surface area (Å²) in [5, 5.41) is 0. The van der Waals surface area contributed by atoms with Crippen molar-refractivity contribution in [3.05, 3.63) is 71.5 Å². The molecule has 1 heterocycles. The first-order valence-electron chi connectivity index (χ1n) is 8.91. The van der Waals surface area contributed by atoms with Gasteiger partial charge in [-0.05, 0) is 37.1 Å². The number of likely N-dealkylation sites (N-methyl/N-ethyl adjacent to an activating group) is 1. The third-order valence-electron chi connectivity index (χ3n) is 4.98. The Labute approximate surface area is 149 Å². The minimum absolute atomic E-state index is 0.172. The highest BCUT2D eigenvalue weighted by atomic mass is 19.1. The second kappa shape index (κ2) is 8.26. The van der Waals surface area contributed by atoms with Gasteiger partial charge in [-0.25, -0.2) is 4.39 Å². The molecule has 3 nitrogen and oxygen atoms in total. The molecule has 1 aliphatic heterocycles. The molecule has 4 heteroatoms. The summed E-state index contributed by atoms with van der Waals surface area (Å²) in [6.45, 7) is 2.36. The average molecular weight is 340 g/mol. The number of aryl methyl sites for hydroxylation is 1. The van der Waals surface area contributed by atoms with Crippen molar-refractivity contribution in [2.24, 2.45) is 0 Å². The average Bonchev–Trinajstić information content (AvgIpc) is 2.64. The fourth-order valence-corrected chi connectivity index (χ4v) is 3.42. The van der Waals surface area contributed by atoms with Crippen LogP contribution in [0, 0.1) is 5.82 Å². The summed E-state index contributed by atoms with van der Waals surface area (Å²) in [4.78, 5) is 16.8. The number of rotatable bonds is 5. The molecular formula is C21H25FN2O. The minimum Gasteiger partial charge on any atom is -0.339 e. The Bertz CT molecular complexity index is 704. The monoisotopic (exact) mass is 340 g/mol. The Morgan fingerprint density at radius 3 is 2.56 bits per heavy atom. The Balaban J connectivity index is 1.54. The molecule has 0 aliphatic carbocycles. The Morgan fingerprint density at radius 1 is 1.08 bits per heavy atom. The molecule has 132 valence electrons. The van der Waals surface area contributed by atoms with E-state index in [0.717, 1.165) is 19.6 Å². The zero-order chi connectivity index (χ0) is 17.6. The lowest BCUT2D eigenvalue weighted by Crippen LogP contribution is -2.48. The number of carbonyl (C=O) groups is 1. The molecule has 2 aromatic rings. The van der Waals surface area contributed by atoms with E-state index < -0.39 is 0 Å². The van der Waals surface area contributed by atoms with Crippen LogP contribution in [0.15, 0.2) is 54.6 Å². The quantitative estimate of drug-likeness (QED) is 0.829. The number of nitrogens with zero attached hydrogens (tertiary/aromatic N) is 2. The highest BCUT2D eigenvalue weighted by Crippen LogP contribution is 2.24. The van der Waals surface area contributed by atoms with E-state index in [0.29, 0.717) is 24.8 Å². The molecule has 1 unspecified atom stereocenters. The van der Waals surface area contributed by atoms with Gasteiger partial charge < -0.3 is 4.90 Å². The lowest BCUT2D eigenvalue weighted by atomic mass is 10.0. The first-order valence-corrected chi connectivity index (χ1v) is 8.91. The molecule has 1 aliphatic rings. The van der Waals surface area contributed by atoms with Gasteiger partial charge in [0.25, 0.3) is 0 Å². The lowest BCUT2D eigenvalue weighted by Gasteiger charge is -2.39. The normalized spacial score (nSPS) is 18.3. The second-order valence-corrected chi connectivity index (χ2v) is 6.69. The molecule has 1 fully saturated rings. The topological polar surface area (TPSA) is 23.6 Å². The highest BCUT2D eigenvalue weighted by Gasteiger charge is 2.27. The van der Waals surface area contributed by atoms with Gasteiger partial charge in [0.1, 0.15) is 5.82 Å². The third kappa shape index (κ3) is 4.45. The molecule has 0 N–H and O–H groups in total. The number of hydrogen-bond acceptors (Lipinski definition) is 2. The molecule has 1 amide bonds. The Kier molecular flexibility index (Phi) is 5.82. The van der Waals surface area contributed by atoms with Crippen LogP contribution in [0.1, 0.15) is 30.0 Å². The number of carbonyl (C=O) groups excluding carboxylic acids is 1. The van der Waals surface area contributed by atoms with Crippen LogP contribution in [-0.2, 0) is 11.2 Å². The van der Waals surface area contributed by atoms with Gasteiger partial charge in [-0.3, -0.25) is 9.69 Å². The van der Waals surface area contributed by atoms with Crippen LogP contribution in [0.5, 0.6) is 0 Å². The fraction of sp³-hybridized carbons (Fsp3) is 0.381. The van der Waals surface area contributed by atoms with Crippen LogP contribution in [0.3, 0.4) is 0 Å². The van der Waals surface area contributed by atoms with Crippen molar-refractivity contribution >= 4 is 5.91 Å². The first-order chi connectivity index (χ1) is 12.1. The zero-order valence-electron chi connectivity index (χ0n) is 14.7. The largest absolute Gasteiger partial charge is 0.339 e. The van der Waals surface area contributed by atoms with Crippen molar-refractivity contribution in [2.45, 2.75) is 25.3 Å². The van der Waals surface area contributed by atoms with Crippen LogP contribution in [0.25, 0.3) is 0 Å². The first kappa shape index (κ1) is 17.6. The maximum absolute atomic E-state index is 13.6. The summed E-state index contributed by atoms with van der Waals surface area (Å²) >= 11 is 0. The molecule has 0 saturated carbocycles. The maximum atomic E-state index is 13.6. The summed E-state index contributed by atoms with van der Waals surface area (Å²) in [6.07, 6.45) is 1.76. The number of benzene rings is 2. The van der Waals surface area contributed by atoms with Crippen molar-refractivity contribution in [1.29, 1.82) is 0 Å². The van der Waals surface area contributed by atoms with E-state index in [1.165, 1.54) is 11.6 Å². The van der Waals surface area contributed by atoms with E-state index in [1.54, 1.807) is 12.1 Å². The number of piperazine rings is 1. The van der Waals surface area contributed by atoms with Crippen molar-refractivity contribution in [3.63, 3.8) is 0 Å². The van der Waals surface area contributed by atoms with Gasteiger partial charge in [0.2, 0.25) is 5.91 Å². The van der Waals surface area contributed by atoms with E-state index in [9.17, 15) is 9.18 Å². The lowest BCUT2D eigenvalue weighted by molar-refractivity contribution is -0.134. The predicted molar refractivity (Wildman–Crippen MR) is 97.7 cm³/mol. The summed E-state index contributed by atoms with van der Waals surface area (Å²) in [5.41, 5.74) is 1.93. The standard InChI is InChI=1S/C21H25FN2O/c1-23-14-15-24(16-20(23)18-9-3-2-4-10-18)21(25)13-7-11-17-8-5-6-12-19(17)22/h2-6,8-10,12,20H,7,11,13-16H2,1H3. The van der Waals surface area contributed by atoms with E-state index in [4.69, 9.17) is 0 Å². The predicted octanol–water partition coefficient (Wildman–Crippen LogP) is 3.66. The third-order valence-corrected chi connectivity index (χ3v) is 4.98. The van der Waals surface area contributed by atoms with Gasteiger partial charge in [0, 0.05) is 26.1 Å². The SMILES string of the molecule is CN1CCN(C(=O)CCCc2ccccc2F)CC1c1ccccc1. The molecule has 1 saturated heterocycles. The molecule has 3 rings (SSSR count). The Hall–Kier alpha value is -2.20.